The van der Waals surface area contributed by atoms with Crippen LogP contribution < -0.4 is 0 Å². The van der Waals surface area contributed by atoms with Gasteiger partial charge in [0.05, 0.1) is 5.71 Å². The third-order valence-corrected chi connectivity index (χ3v) is 1.35. The van der Waals surface area contributed by atoms with E-state index in [1.165, 1.54) is 0 Å². The zero-order valence-corrected chi connectivity index (χ0v) is 4.96. The molecule has 0 aromatic heterocycles. The Hall–Kier alpha value is -0.420. The van der Waals surface area contributed by atoms with E-state index in [1.807, 2.05) is 12.2 Å². The van der Waals surface area contributed by atoms with Gasteiger partial charge in [-0.2, -0.15) is 0 Å². The lowest BCUT2D eigenvalue weighted by Crippen LogP contribution is -1.81. The molecule has 1 unspecified atom stereocenters. The maximum absolute atomic E-state index is 7.08. The van der Waals surface area contributed by atoms with E-state index >= 15 is 0 Å². The summed E-state index contributed by atoms with van der Waals surface area (Å²) in [7, 11) is 2.49. The molecule has 36 valence electrons. The van der Waals surface area contributed by atoms with Crippen molar-refractivity contribution in [1.29, 1.82) is 5.41 Å². The van der Waals surface area contributed by atoms with E-state index in [0.717, 1.165) is 5.31 Å². The molecule has 1 aliphatic carbocycles. The second-order valence-electron chi connectivity index (χ2n) is 1.39. The van der Waals surface area contributed by atoms with E-state index in [0.29, 0.717) is 5.71 Å². The Labute approximate surface area is 44.8 Å². The third-order valence-electron chi connectivity index (χ3n) is 0.850. The van der Waals surface area contributed by atoms with E-state index in [2.05, 4.69) is 9.24 Å². The smallest absolute Gasteiger partial charge is 0.0611 e. The minimum Gasteiger partial charge on any atom is -0.300 e. The van der Waals surface area contributed by atoms with Gasteiger partial charge in [0.1, 0.15) is 0 Å². The van der Waals surface area contributed by atoms with Gasteiger partial charge in [0.2, 0.25) is 0 Å². The van der Waals surface area contributed by atoms with Gasteiger partial charge in [-0.3, -0.25) is 0 Å². The minimum atomic E-state index is 0.602. The van der Waals surface area contributed by atoms with E-state index in [1.54, 1.807) is 6.08 Å². The highest BCUT2D eigenvalue weighted by Gasteiger charge is 1.96. The molecule has 2 heteroatoms. The quantitative estimate of drug-likeness (QED) is 0.456. The van der Waals surface area contributed by atoms with E-state index in [-0.39, 0.29) is 0 Å². The SMILES string of the molecule is N=C1C=CC=C1P. The van der Waals surface area contributed by atoms with Crippen molar-refractivity contribution >= 4 is 15.0 Å². The molecule has 0 radical (unpaired) electrons. The van der Waals surface area contributed by atoms with Crippen LogP contribution in [0.25, 0.3) is 0 Å². The van der Waals surface area contributed by atoms with Crippen molar-refractivity contribution in [3.05, 3.63) is 23.5 Å². The molecule has 0 heterocycles. The Morgan fingerprint density at radius 2 is 2.29 bits per heavy atom. The summed E-state index contributed by atoms with van der Waals surface area (Å²) in [5.41, 5.74) is 0.602. The average Bonchev–Trinajstić information content (AvgIpc) is 1.91. The number of nitrogens with one attached hydrogen (secondary N) is 1. The minimum absolute atomic E-state index is 0.602. The molecule has 0 amide bonds. The van der Waals surface area contributed by atoms with Crippen LogP contribution in [0.15, 0.2) is 23.5 Å². The van der Waals surface area contributed by atoms with Crippen LogP contribution in [-0.2, 0) is 0 Å². The number of hydrogen-bond acceptors (Lipinski definition) is 1. The van der Waals surface area contributed by atoms with Crippen molar-refractivity contribution in [2.75, 3.05) is 0 Å². The summed E-state index contributed by atoms with van der Waals surface area (Å²) in [5, 5.41) is 8.05. The molecular weight excluding hydrogens is 105 g/mol. The average molecular weight is 111 g/mol. The molecule has 0 saturated heterocycles. The van der Waals surface area contributed by atoms with Crippen LogP contribution in [-0.4, -0.2) is 5.71 Å². The van der Waals surface area contributed by atoms with Crippen LogP contribution in [0.1, 0.15) is 0 Å². The summed E-state index contributed by atoms with van der Waals surface area (Å²) in [6.45, 7) is 0. The molecule has 0 aromatic rings. The molecular formula is C5H6NP. The van der Waals surface area contributed by atoms with Crippen LogP contribution in [0.4, 0.5) is 0 Å². The molecule has 1 nitrogen and oxygen atoms in total. The summed E-state index contributed by atoms with van der Waals surface area (Å²) in [5.74, 6) is 0. The molecule has 0 fully saturated rings. The van der Waals surface area contributed by atoms with Gasteiger partial charge in [-0.05, 0) is 11.4 Å². The van der Waals surface area contributed by atoms with E-state index < -0.39 is 0 Å². The molecule has 1 N–H and O–H groups in total. The van der Waals surface area contributed by atoms with Crippen molar-refractivity contribution in [1.82, 2.24) is 0 Å². The Bertz CT molecular complexity index is 155. The number of hydrogen-bond donors (Lipinski definition) is 1. The maximum Gasteiger partial charge on any atom is 0.0611 e. The van der Waals surface area contributed by atoms with Gasteiger partial charge in [0.15, 0.2) is 0 Å². The van der Waals surface area contributed by atoms with Crippen molar-refractivity contribution in [2.45, 2.75) is 0 Å². The molecule has 0 aliphatic heterocycles. The topological polar surface area (TPSA) is 23.9 Å². The van der Waals surface area contributed by atoms with Gasteiger partial charge >= 0.3 is 0 Å². The van der Waals surface area contributed by atoms with Crippen molar-refractivity contribution in [3.8, 4) is 0 Å². The molecule has 0 spiro atoms. The monoisotopic (exact) mass is 111 g/mol. The van der Waals surface area contributed by atoms with Gasteiger partial charge in [-0.1, -0.05) is 12.2 Å². The molecule has 0 saturated carbocycles. The largest absolute Gasteiger partial charge is 0.300 e. The summed E-state index contributed by atoms with van der Waals surface area (Å²) in [6.07, 6.45) is 5.53. The fraction of sp³-hybridized carbons (Fsp3) is 0. The fourth-order valence-corrected chi connectivity index (χ4v) is 0.641. The van der Waals surface area contributed by atoms with Crippen LogP contribution in [0.5, 0.6) is 0 Å². The van der Waals surface area contributed by atoms with Gasteiger partial charge < -0.3 is 5.41 Å². The highest BCUT2D eigenvalue weighted by molar-refractivity contribution is 7.25. The predicted molar refractivity (Wildman–Crippen MR) is 34.7 cm³/mol. The lowest BCUT2D eigenvalue weighted by atomic mass is 10.4. The van der Waals surface area contributed by atoms with Gasteiger partial charge in [0.25, 0.3) is 0 Å². The normalized spacial score (nSPS) is 17.9. The first-order valence-corrected chi connectivity index (χ1v) is 2.61. The predicted octanol–water partition coefficient (Wildman–Crippen LogP) is 1.33. The maximum atomic E-state index is 7.08. The molecule has 0 aromatic carbocycles. The summed E-state index contributed by atoms with van der Waals surface area (Å²) in [6, 6.07) is 0. The lowest BCUT2D eigenvalue weighted by Gasteiger charge is -1.84. The second kappa shape index (κ2) is 1.59. The Kier molecular flexibility index (Phi) is 1.07. The summed E-state index contributed by atoms with van der Waals surface area (Å²) >= 11 is 0. The second-order valence-corrected chi connectivity index (χ2v) is 2.02. The summed E-state index contributed by atoms with van der Waals surface area (Å²) < 4.78 is 0. The van der Waals surface area contributed by atoms with Crippen LogP contribution in [0, 0.1) is 5.41 Å². The summed E-state index contributed by atoms with van der Waals surface area (Å²) in [4.78, 5) is 0. The van der Waals surface area contributed by atoms with Gasteiger partial charge in [0, 0.05) is 0 Å². The van der Waals surface area contributed by atoms with Gasteiger partial charge in [-0.25, -0.2) is 0 Å². The molecule has 1 atom stereocenters. The van der Waals surface area contributed by atoms with Crippen molar-refractivity contribution in [3.63, 3.8) is 0 Å². The Balaban J connectivity index is 2.89. The highest BCUT2D eigenvalue weighted by atomic mass is 31.0. The molecule has 0 bridgehead atoms. The van der Waals surface area contributed by atoms with Crippen LogP contribution in [0.3, 0.4) is 0 Å². The van der Waals surface area contributed by atoms with Crippen molar-refractivity contribution < 1.29 is 0 Å². The Morgan fingerprint density at radius 1 is 1.57 bits per heavy atom. The van der Waals surface area contributed by atoms with Crippen molar-refractivity contribution in [2.24, 2.45) is 0 Å². The lowest BCUT2D eigenvalue weighted by molar-refractivity contribution is 1.54. The van der Waals surface area contributed by atoms with Gasteiger partial charge in [-0.15, -0.1) is 9.24 Å². The standard InChI is InChI=1S/C5H6NP/c6-4-2-1-3-5(4)7/h1-3,6H,7H2. The zero-order valence-electron chi connectivity index (χ0n) is 3.81. The third kappa shape index (κ3) is 0.779. The molecule has 7 heavy (non-hydrogen) atoms. The van der Waals surface area contributed by atoms with Crippen LogP contribution in [0.2, 0.25) is 0 Å². The molecule has 1 aliphatic rings. The Morgan fingerprint density at radius 3 is 2.43 bits per heavy atom. The number of allylic oxidation sites excluding steroid dienone is 4. The van der Waals surface area contributed by atoms with E-state index in [4.69, 9.17) is 5.41 Å². The number of rotatable bonds is 0. The van der Waals surface area contributed by atoms with Crippen LogP contribution >= 0.6 is 9.24 Å². The van der Waals surface area contributed by atoms with E-state index in [9.17, 15) is 0 Å². The molecule has 1 rings (SSSR count). The zero-order chi connectivity index (χ0) is 5.28. The first kappa shape index (κ1) is 4.73. The first-order chi connectivity index (χ1) is 3.30. The highest BCUT2D eigenvalue weighted by Crippen LogP contribution is 2.12. The first-order valence-electron chi connectivity index (χ1n) is 2.03. The fourth-order valence-electron chi connectivity index (χ4n) is 0.434.